The second-order valence-electron chi connectivity index (χ2n) is 5.02. The monoisotopic (exact) mass is 256 g/mol. The van der Waals surface area contributed by atoms with Crippen LogP contribution in [-0.2, 0) is 11.3 Å². The molecule has 0 aliphatic heterocycles. The Kier molecular flexibility index (Phi) is 4.39. The number of hydrogen-bond acceptors (Lipinski definition) is 1. The lowest BCUT2D eigenvalue weighted by Crippen LogP contribution is -2.34. The number of aromatic nitrogens is 1. The number of carbonyl (C=O) groups excluding carboxylic acids is 1. The Balaban J connectivity index is 2.01. The van der Waals surface area contributed by atoms with E-state index in [2.05, 4.69) is 19.2 Å². The zero-order valence-corrected chi connectivity index (χ0v) is 11.4. The molecule has 2 rings (SSSR count). The van der Waals surface area contributed by atoms with Crippen molar-refractivity contribution < 1.29 is 4.79 Å². The van der Waals surface area contributed by atoms with Gasteiger partial charge in [0.2, 0.25) is 5.91 Å². The fraction of sp³-hybridized carbons (Fsp3) is 0.312. The van der Waals surface area contributed by atoms with Gasteiger partial charge >= 0.3 is 0 Å². The molecular formula is C16H20N2O. The van der Waals surface area contributed by atoms with Crippen molar-refractivity contribution in [3.05, 3.63) is 60.4 Å². The van der Waals surface area contributed by atoms with Gasteiger partial charge in [-0.25, -0.2) is 0 Å². The lowest BCUT2D eigenvalue weighted by atomic mass is 10.0. The van der Waals surface area contributed by atoms with Crippen LogP contribution in [0.4, 0.5) is 0 Å². The molecule has 1 N–H and O–H groups in total. The Morgan fingerprint density at radius 3 is 2.32 bits per heavy atom. The molecule has 19 heavy (non-hydrogen) atoms. The van der Waals surface area contributed by atoms with E-state index in [1.54, 1.807) is 0 Å². The molecule has 1 aromatic carbocycles. The zero-order valence-electron chi connectivity index (χ0n) is 11.4. The van der Waals surface area contributed by atoms with Crippen molar-refractivity contribution in [2.75, 3.05) is 0 Å². The molecular weight excluding hydrogens is 236 g/mol. The van der Waals surface area contributed by atoms with E-state index in [-0.39, 0.29) is 17.9 Å². The predicted octanol–water partition coefficient (Wildman–Crippen LogP) is 3.00. The molecule has 3 nitrogen and oxygen atoms in total. The fourth-order valence-electron chi connectivity index (χ4n) is 2.21. The highest BCUT2D eigenvalue weighted by Gasteiger charge is 2.22. The summed E-state index contributed by atoms with van der Waals surface area (Å²) in [5.41, 5.74) is 1.12. The van der Waals surface area contributed by atoms with Gasteiger partial charge in [0.05, 0.1) is 0 Å². The Morgan fingerprint density at radius 2 is 1.74 bits per heavy atom. The van der Waals surface area contributed by atoms with E-state index in [4.69, 9.17) is 0 Å². The number of rotatable bonds is 5. The smallest absolute Gasteiger partial charge is 0.243 e. The topological polar surface area (TPSA) is 34.0 Å². The molecule has 0 radical (unpaired) electrons. The van der Waals surface area contributed by atoms with Gasteiger partial charge in [-0.2, -0.15) is 0 Å². The third-order valence-corrected chi connectivity index (χ3v) is 3.16. The summed E-state index contributed by atoms with van der Waals surface area (Å²) in [5, 5.41) is 3.01. The van der Waals surface area contributed by atoms with Crippen LogP contribution < -0.4 is 5.32 Å². The summed E-state index contributed by atoms with van der Waals surface area (Å²) in [6, 6.07) is 13.7. The van der Waals surface area contributed by atoms with Gasteiger partial charge in [0.1, 0.15) is 6.04 Å². The first-order valence-electron chi connectivity index (χ1n) is 6.62. The van der Waals surface area contributed by atoms with Crippen molar-refractivity contribution in [1.29, 1.82) is 0 Å². The lowest BCUT2D eigenvalue weighted by molar-refractivity contribution is -0.125. The lowest BCUT2D eigenvalue weighted by Gasteiger charge is -2.22. The molecule has 0 saturated carbocycles. The maximum Gasteiger partial charge on any atom is 0.243 e. The van der Waals surface area contributed by atoms with Crippen LogP contribution in [0.2, 0.25) is 0 Å². The first-order valence-corrected chi connectivity index (χ1v) is 6.62. The largest absolute Gasteiger partial charge is 0.350 e. The minimum absolute atomic E-state index is 0.0649. The van der Waals surface area contributed by atoms with E-state index in [0.717, 1.165) is 5.56 Å². The van der Waals surface area contributed by atoms with Crippen molar-refractivity contribution in [2.45, 2.75) is 26.4 Å². The Hall–Kier alpha value is -2.03. The summed E-state index contributed by atoms with van der Waals surface area (Å²) >= 11 is 0. The van der Waals surface area contributed by atoms with Crippen molar-refractivity contribution in [2.24, 2.45) is 5.92 Å². The van der Waals surface area contributed by atoms with Gasteiger partial charge in [0.25, 0.3) is 0 Å². The van der Waals surface area contributed by atoms with Crippen LogP contribution in [0.3, 0.4) is 0 Å². The highest BCUT2D eigenvalue weighted by Crippen LogP contribution is 2.18. The van der Waals surface area contributed by atoms with Gasteiger partial charge in [0, 0.05) is 18.9 Å². The van der Waals surface area contributed by atoms with Gasteiger partial charge in [-0.05, 0) is 23.6 Å². The predicted molar refractivity (Wildman–Crippen MR) is 76.6 cm³/mol. The molecule has 1 atom stereocenters. The van der Waals surface area contributed by atoms with Gasteiger partial charge in [-0.1, -0.05) is 44.2 Å². The van der Waals surface area contributed by atoms with Crippen molar-refractivity contribution in [1.82, 2.24) is 9.88 Å². The molecule has 1 unspecified atom stereocenters. The zero-order chi connectivity index (χ0) is 13.7. The highest BCUT2D eigenvalue weighted by atomic mass is 16.2. The van der Waals surface area contributed by atoms with Gasteiger partial charge in [-0.15, -0.1) is 0 Å². The molecule has 1 amide bonds. The molecule has 100 valence electrons. The summed E-state index contributed by atoms with van der Waals surface area (Å²) in [5.74, 6) is 0.318. The average Bonchev–Trinajstić information content (AvgIpc) is 2.91. The Morgan fingerprint density at radius 1 is 1.11 bits per heavy atom. The van der Waals surface area contributed by atoms with Crippen LogP contribution in [0.15, 0.2) is 54.9 Å². The van der Waals surface area contributed by atoms with Crippen molar-refractivity contribution in [3.63, 3.8) is 0 Å². The first-order chi connectivity index (χ1) is 9.18. The van der Waals surface area contributed by atoms with Crippen LogP contribution >= 0.6 is 0 Å². The summed E-state index contributed by atoms with van der Waals surface area (Å²) < 4.78 is 1.96. The second kappa shape index (κ2) is 6.23. The van der Waals surface area contributed by atoms with Gasteiger partial charge in [-0.3, -0.25) is 4.79 Å². The van der Waals surface area contributed by atoms with E-state index in [9.17, 15) is 4.79 Å². The van der Waals surface area contributed by atoms with Crippen molar-refractivity contribution >= 4 is 5.91 Å². The SMILES string of the molecule is CC(C)C(C(=O)NCc1ccccc1)n1cccc1. The molecule has 2 aromatic rings. The van der Waals surface area contributed by atoms with Crippen LogP contribution in [0.1, 0.15) is 25.5 Å². The van der Waals surface area contributed by atoms with Gasteiger partial charge < -0.3 is 9.88 Å². The Bertz CT molecular complexity index is 503. The Labute approximate surface area is 114 Å². The third-order valence-electron chi connectivity index (χ3n) is 3.16. The van der Waals surface area contributed by atoms with E-state index in [0.29, 0.717) is 6.54 Å². The highest BCUT2D eigenvalue weighted by molar-refractivity contribution is 5.80. The minimum atomic E-state index is -0.154. The number of nitrogens with one attached hydrogen (secondary N) is 1. The summed E-state index contributed by atoms with van der Waals surface area (Å²) in [4.78, 5) is 12.3. The first kappa shape index (κ1) is 13.4. The normalized spacial score (nSPS) is 12.4. The molecule has 1 aromatic heterocycles. The number of benzene rings is 1. The summed E-state index contributed by atoms with van der Waals surface area (Å²) in [6.45, 7) is 4.70. The standard InChI is InChI=1S/C16H20N2O/c1-13(2)15(18-10-6-7-11-18)16(19)17-12-14-8-4-3-5-9-14/h3-11,13,15H,12H2,1-2H3,(H,17,19). The van der Waals surface area contributed by atoms with E-state index >= 15 is 0 Å². The molecule has 0 aliphatic carbocycles. The van der Waals surface area contributed by atoms with Crippen molar-refractivity contribution in [3.8, 4) is 0 Å². The minimum Gasteiger partial charge on any atom is -0.350 e. The average molecular weight is 256 g/mol. The number of nitrogens with zero attached hydrogens (tertiary/aromatic N) is 1. The maximum absolute atomic E-state index is 12.3. The van der Waals surface area contributed by atoms with E-state index in [1.165, 1.54) is 0 Å². The quantitative estimate of drug-likeness (QED) is 0.876. The molecule has 0 bridgehead atoms. The second-order valence-corrected chi connectivity index (χ2v) is 5.02. The summed E-state index contributed by atoms with van der Waals surface area (Å²) in [7, 11) is 0. The van der Waals surface area contributed by atoms with Gasteiger partial charge in [0.15, 0.2) is 0 Å². The summed E-state index contributed by atoms with van der Waals surface area (Å²) in [6.07, 6.45) is 3.87. The van der Waals surface area contributed by atoms with Crippen LogP contribution in [0.5, 0.6) is 0 Å². The maximum atomic E-state index is 12.3. The van der Waals surface area contributed by atoms with E-state index < -0.39 is 0 Å². The molecule has 0 aliphatic rings. The molecule has 0 spiro atoms. The third kappa shape index (κ3) is 3.47. The van der Waals surface area contributed by atoms with Crippen LogP contribution in [0.25, 0.3) is 0 Å². The number of hydrogen-bond donors (Lipinski definition) is 1. The number of amides is 1. The van der Waals surface area contributed by atoms with Crippen LogP contribution in [-0.4, -0.2) is 10.5 Å². The molecule has 0 saturated heterocycles. The molecule has 3 heteroatoms. The fourth-order valence-corrected chi connectivity index (χ4v) is 2.21. The molecule has 1 heterocycles. The van der Waals surface area contributed by atoms with E-state index in [1.807, 2.05) is 59.4 Å². The van der Waals surface area contributed by atoms with Crippen LogP contribution in [0, 0.1) is 5.92 Å². The molecule has 0 fully saturated rings. The number of carbonyl (C=O) groups is 1.